The summed E-state index contributed by atoms with van der Waals surface area (Å²) in [7, 11) is 0. The molecule has 2 N–H and O–H groups in total. The van der Waals surface area contributed by atoms with Gasteiger partial charge in [-0.25, -0.2) is 0 Å². The first-order chi connectivity index (χ1) is 13.0. The van der Waals surface area contributed by atoms with E-state index in [1.54, 1.807) is 6.92 Å². The minimum absolute atomic E-state index is 0.00919. The van der Waals surface area contributed by atoms with Crippen LogP contribution in [-0.4, -0.2) is 30.6 Å². The second kappa shape index (κ2) is 8.63. The van der Waals surface area contributed by atoms with Crippen LogP contribution in [0.3, 0.4) is 0 Å². The number of rotatable bonds is 7. The number of nitrogens with one attached hydrogen (secondary N) is 2. The standard InChI is InChI=1S/C21H30N2O4/c1-4-26-18-10-16-9-13(2)27-19(16)11-17(18)12-22-20(24)14(3)23-21(25)15-7-5-6-8-15/h10-11,13-15H,4-9,12H2,1-3H3,(H,22,24)(H,23,25)/t13-,14-/m1/s1. The fraction of sp³-hybridized carbons (Fsp3) is 0.619. The molecule has 0 spiro atoms. The maximum Gasteiger partial charge on any atom is 0.242 e. The van der Waals surface area contributed by atoms with Gasteiger partial charge < -0.3 is 20.1 Å². The summed E-state index contributed by atoms with van der Waals surface area (Å²) in [6.07, 6.45) is 5.06. The largest absolute Gasteiger partial charge is 0.494 e. The van der Waals surface area contributed by atoms with Gasteiger partial charge in [-0.1, -0.05) is 12.8 Å². The number of amides is 2. The smallest absolute Gasteiger partial charge is 0.242 e. The molecule has 27 heavy (non-hydrogen) atoms. The van der Waals surface area contributed by atoms with Crippen LogP contribution < -0.4 is 20.1 Å². The van der Waals surface area contributed by atoms with Crippen molar-refractivity contribution in [3.63, 3.8) is 0 Å². The van der Waals surface area contributed by atoms with Crippen LogP contribution in [0.1, 0.15) is 57.6 Å². The van der Waals surface area contributed by atoms with Crippen molar-refractivity contribution < 1.29 is 19.1 Å². The van der Waals surface area contributed by atoms with Crippen molar-refractivity contribution in [1.29, 1.82) is 0 Å². The van der Waals surface area contributed by atoms with E-state index in [1.165, 1.54) is 0 Å². The highest BCUT2D eigenvalue weighted by molar-refractivity contribution is 5.88. The molecule has 1 aliphatic heterocycles. The van der Waals surface area contributed by atoms with Gasteiger partial charge in [-0.2, -0.15) is 0 Å². The lowest BCUT2D eigenvalue weighted by molar-refractivity contribution is -0.130. The number of carbonyl (C=O) groups is 2. The van der Waals surface area contributed by atoms with Crippen molar-refractivity contribution in [1.82, 2.24) is 10.6 Å². The van der Waals surface area contributed by atoms with Crippen LogP contribution >= 0.6 is 0 Å². The van der Waals surface area contributed by atoms with E-state index in [2.05, 4.69) is 10.6 Å². The van der Waals surface area contributed by atoms with Gasteiger partial charge in [0.05, 0.1) is 6.61 Å². The van der Waals surface area contributed by atoms with E-state index in [-0.39, 0.29) is 23.8 Å². The molecule has 6 heteroatoms. The van der Waals surface area contributed by atoms with Crippen LogP contribution in [-0.2, 0) is 22.6 Å². The van der Waals surface area contributed by atoms with Crippen LogP contribution in [0.2, 0.25) is 0 Å². The molecule has 0 saturated heterocycles. The molecule has 0 radical (unpaired) electrons. The summed E-state index contributed by atoms with van der Waals surface area (Å²) in [5.74, 6) is 1.49. The molecule has 1 heterocycles. The zero-order chi connectivity index (χ0) is 19.4. The van der Waals surface area contributed by atoms with Crippen molar-refractivity contribution >= 4 is 11.8 Å². The Bertz CT molecular complexity index is 698. The van der Waals surface area contributed by atoms with Gasteiger partial charge in [-0.05, 0) is 45.7 Å². The summed E-state index contributed by atoms with van der Waals surface area (Å²) >= 11 is 0. The third kappa shape index (κ3) is 4.73. The first-order valence-corrected chi connectivity index (χ1v) is 10.0. The van der Waals surface area contributed by atoms with E-state index in [0.717, 1.165) is 54.7 Å². The maximum atomic E-state index is 12.4. The molecule has 1 fully saturated rings. The number of carbonyl (C=O) groups excluding carboxylic acids is 2. The van der Waals surface area contributed by atoms with Crippen molar-refractivity contribution in [3.8, 4) is 11.5 Å². The van der Waals surface area contributed by atoms with Gasteiger partial charge in [0.25, 0.3) is 0 Å². The predicted octanol–water partition coefficient (Wildman–Crippen LogP) is 2.72. The monoisotopic (exact) mass is 374 g/mol. The Morgan fingerprint density at radius 1 is 1.30 bits per heavy atom. The average molecular weight is 374 g/mol. The molecular weight excluding hydrogens is 344 g/mol. The average Bonchev–Trinajstić information content (AvgIpc) is 3.28. The summed E-state index contributed by atoms with van der Waals surface area (Å²) in [5.41, 5.74) is 2.02. The summed E-state index contributed by atoms with van der Waals surface area (Å²) in [6.45, 7) is 6.60. The highest BCUT2D eigenvalue weighted by atomic mass is 16.5. The van der Waals surface area contributed by atoms with Gasteiger partial charge in [0, 0.05) is 30.0 Å². The lowest BCUT2D eigenvalue weighted by atomic mass is 10.1. The number of benzene rings is 1. The van der Waals surface area contributed by atoms with Gasteiger partial charge in [0.2, 0.25) is 11.8 Å². The molecule has 2 aliphatic rings. The molecular formula is C21H30N2O4. The number of fused-ring (bicyclic) bond motifs is 1. The number of hydrogen-bond donors (Lipinski definition) is 2. The van der Waals surface area contributed by atoms with Gasteiger partial charge in [-0.15, -0.1) is 0 Å². The Kier molecular flexibility index (Phi) is 6.24. The minimum Gasteiger partial charge on any atom is -0.494 e. The summed E-state index contributed by atoms with van der Waals surface area (Å²) in [6, 6.07) is 3.40. The maximum absolute atomic E-state index is 12.4. The van der Waals surface area contributed by atoms with Crippen LogP contribution in [0.25, 0.3) is 0 Å². The van der Waals surface area contributed by atoms with E-state index >= 15 is 0 Å². The molecule has 1 saturated carbocycles. The highest BCUT2D eigenvalue weighted by Gasteiger charge is 2.26. The van der Waals surface area contributed by atoms with E-state index in [1.807, 2.05) is 26.0 Å². The third-order valence-electron chi connectivity index (χ3n) is 5.31. The van der Waals surface area contributed by atoms with Crippen molar-refractivity contribution in [3.05, 3.63) is 23.3 Å². The van der Waals surface area contributed by atoms with Crippen LogP contribution in [0.4, 0.5) is 0 Å². The first-order valence-electron chi connectivity index (χ1n) is 10.0. The summed E-state index contributed by atoms with van der Waals surface area (Å²) in [5, 5.41) is 5.74. The second-order valence-corrected chi connectivity index (χ2v) is 7.56. The fourth-order valence-electron chi connectivity index (χ4n) is 3.83. The Morgan fingerprint density at radius 3 is 2.74 bits per heavy atom. The quantitative estimate of drug-likeness (QED) is 0.769. The van der Waals surface area contributed by atoms with Crippen LogP contribution in [0.15, 0.2) is 12.1 Å². The Balaban J connectivity index is 1.59. The Labute approximate surface area is 161 Å². The molecule has 2 amide bonds. The normalized spacial score (nSPS) is 19.9. The Hall–Kier alpha value is -2.24. The van der Waals surface area contributed by atoms with E-state index in [4.69, 9.17) is 9.47 Å². The lowest BCUT2D eigenvalue weighted by Crippen LogP contribution is -2.46. The van der Waals surface area contributed by atoms with Gasteiger partial charge >= 0.3 is 0 Å². The fourth-order valence-corrected chi connectivity index (χ4v) is 3.83. The van der Waals surface area contributed by atoms with E-state index in [9.17, 15) is 9.59 Å². The molecule has 6 nitrogen and oxygen atoms in total. The second-order valence-electron chi connectivity index (χ2n) is 7.56. The first kappa shape index (κ1) is 19.5. The molecule has 0 unspecified atom stereocenters. The van der Waals surface area contributed by atoms with E-state index < -0.39 is 6.04 Å². The third-order valence-corrected chi connectivity index (χ3v) is 5.31. The molecule has 2 atom stereocenters. The van der Waals surface area contributed by atoms with Crippen LogP contribution in [0, 0.1) is 5.92 Å². The minimum atomic E-state index is -0.556. The molecule has 0 aromatic heterocycles. The lowest BCUT2D eigenvalue weighted by Gasteiger charge is -2.18. The molecule has 1 aromatic carbocycles. The van der Waals surface area contributed by atoms with Crippen LogP contribution in [0.5, 0.6) is 11.5 Å². The number of ether oxygens (including phenoxy) is 2. The van der Waals surface area contributed by atoms with Crippen molar-refractivity contribution in [2.75, 3.05) is 6.61 Å². The Morgan fingerprint density at radius 2 is 2.04 bits per heavy atom. The molecule has 0 bridgehead atoms. The predicted molar refractivity (Wildman–Crippen MR) is 103 cm³/mol. The van der Waals surface area contributed by atoms with Crippen molar-refractivity contribution in [2.24, 2.45) is 5.92 Å². The van der Waals surface area contributed by atoms with Gasteiger partial charge in [0.1, 0.15) is 23.6 Å². The topological polar surface area (TPSA) is 76.7 Å². The summed E-state index contributed by atoms with van der Waals surface area (Å²) in [4.78, 5) is 24.6. The number of hydrogen-bond acceptors (Lipinski definition) is 4. The zero-order valence-corrected chi connectivity index (χ0v) is 16.5. The van der Waals surface area contributed by atoms with E-state index in [0.29, 0.717) is 13.2 Å². The van der Waals surface area contributed by atoms with Gasteiger partial charge in [-0.3, -0.25) is 9.59 Å². The summed E-state index contributed by atoms with van der Waals surface area (Å²) < 4.78 is 11.6. The molecule has 3 rings (SSSR count). The van der Waals surface area contributed by atoms with Crippen molar-refractivity contribution in [2.45, 2.75) is 71.6 Å². The van der Waals surface area contributed by atoms with Gasteiger partial charge in [0.15, 0.2) is 0 Å². The molecule has 1 aliphatic carbocycles. The molecule has 148 valence electrons. The zero-order valence-electron chi connectivity index (χ0n) is 16.5. The molecule has 1 aromatic rings. The SMILES string of the molecule is CCOc1cc2c(cc1CNC(=O)[C@@H](C)NC(=O)C1CCCC1)O[C@H](C)C2. The highest BCUT2D eigenvalue weighted by Crippen LogP contribution is 2.35.